The molecule has 34 heavy (non-hydrogen) atoms. The van der Waals surface area contributed by atoms with E-state index in [2.05, 4.69) is 134 Å². The lowest BCUT2D eigenvalue weighted by molar-refractivity contribution is 0.568. The highest BCUT2D eigenvalue weighted by Crippen LogP contribution is 2.45. The summed E-state index contributed by atoms with van der Waals surface area (Å²) in [6, 6.07) is 46.3. The van der Waals surface area contributed by atoms with Crippen LogP contribution in [-0.2, 0) is 0 Å². The topological polar surface area (TPSA) is 0 Å². The maximum Gasteiger partial charge on any atom is 0.116 e. The molecule has 0 amide bonds. The predicted octanol–water partition coefficient (Wildman–Crippen LogP) is 5.87. The third kappa shape index (κ3) is 4.04. The van der Waals surface area contributed by atoms with Gasteiger partial charge in [-0.1, -0.05) is 181 Å². The van der Waals surface area contributed by atoms with Gasteiger partial charge < -0.3 is 0 Å². The van der Waals surface area contributed by atoms with Gasteiger partial charge in [-0.2, -0.15) is 0 Å². The van der Waals surface area contributed by atoms with E-state index in [1.165, 1.54) is 25.7 Å². The van der Waals surface area contributed by atoms with Crippen molar-refractivity contribution < 1.29 is 0 Å². The molecule has 1 aliphatic carbocycles. The zero-order chi connectivity index (χ0) is 23.4. The van der Waals surface area contributed by atoms with Crippen LogP contribution in [0.15, 0.2) is 121 Å². The van der Waals surface area contributed by atoms with Gasteiger partial charge in [-0.05, 0) is 11.1 Å². The van der Waals surface area contributed by atoms with Crippen LogP contribution >= 0.6 is 0 Å². The van der Waals surface area contributed by atoms with Crippen molar-refractivity contribution in [3.8, 4) is 0 Å². The minimum absolute atomic E-state index is 0.678. The molecule has 4 aromatic rings. The molecule has 0 radical (unpaired) electrons. The van der Waals surface area contributed by atoms with E-state index in [9.17, 15) is 0 Å². The molecule has 0 aromatic heterocycles. The van der Waals surface area contributed by atoms with E-state index >= 15 is 0 Å². The Kier molecular flexibility index (Phi) is 6.71. The molecule has 1 fully saturated rings. The Bertz CT molecular complexity index is 999. The zero-order valence-electron chi connectivity index (χ0n) is 20.5. The van der Waals surface area contributed by atoms with Gasteiger partial charge in [0.1, 0.15) is 16.1 Å². The minimum atomic E-state index is -2.14. The first-order valence-corrected chi connectivity index (χ1v) is 18.0. The lowest BCUT2D eigenvalue weighted by Gasteiger charge is -2.50. The Morgan fingerprint density at radius 2 is 0.735 bits per heavy atom. The molecule has 0 bridgehead atoms. The molecule has 0 aliphatic heterocycles. The summed E-state index contributed by atoms with van der Waals surface area (Å²) in [6.45, 7) is 5.38. The largest absolute Gasteiger partial charge is 0.116 e. The number of benzene rings is 4. The first-order chi connectivity index (χ1) is 16.6. The third-order valence-corrected chi connectivity index (χ3v) is 21.6. The van der Waals surface area contributed by atoms with Crippen molar-refractivity contribution in [3.63, 3.8) is 0 Å². The zero-order valence-corrected chi connectivity index (χ0v) is 22.5. The van der Waals surface area contributed by atoms with Crippen molar-refractivity contribution in [1.29, 1.82) is 0 Å². The van der Waals surface area contributed by atoms with Crippen LogP contribution in [0.2, 0.25) is 18.3 Å². The van der Waals surface area contributed by atoms with Crippen molar-refractivity contribution >= 4 is 36.9 Å². The Balaban J connectivity index is 1.84. The second-order valence-electron chi connectivity index (χ2n) is 10.4. The summed E-state index contributed by atoms with van der Waals surface area (Å²) in [7, 11) is -4.27. The summed E-state index contributed by atoms with van der Waals surface area (Å²) < 4.78 is 0. The fourth-order valence-electron chi connectivity index (χ4n) is 7.00. The first kappa shape index (κ1) is 23.1. The molecule has 0 nitrogen and oxygen atoms in total. The van der Waals surface area contributed by atoms with Gasteiger partial charge in [-0.15, -0.1) is 0 Å². The van der Waals surface area contributed by atoms with Crippen LogP contribution < -0.4 is 20.7 Å². The van der Waals surface area contributed by atoms with Gasteiger partial charge in [0.25, 0.3) is 0 Å². The van der Waals surface area contributed by atoms with Gasteiger partial charge in [-0.25, -0.2) is 0 Å². The quantitative estimate of drug-likeness (QED) is 0.293. The summed E-state index contributed by atoms with van der Waals surface area (Å²) in [5.74, 6) is 0.772. The number of hydrogen-bond donors (Lipinski definition) is 0. The van der Waals surface area contributed by atoms with E-state index in [0.717, 1.165) is 5.92 Å². The SMILES string of the molecule is C[Si](c1ccccc1)(c1ccccc1)C(C1CCCC1)[Si](C)(c1ccccc1)c1ccccc1. The summed E-state index contributed by atoms with van der Waals surface area (Å²) in [5, 5.41) is 7.02. The van der Waals surface area contributed by atoms with Gasteiger partial charge >= 0.3 is 0 Å². The molecule has 0 saturated heterocycles. The van der Waals surface area contributed by atoms with Crippen LogP contribution in [0.5, 0.6) is 0 Å². The van der Waals surface area contributed by atoms with E-state index in [0.29, 0.717) is 5.16 Å². The standard InChI is InChI=1S/C32H36Si2/c1-33(28-19-7-3-8-20-28,29-21-9-4-10-22-29)32(27-17-15-16-18-27)34(2,30-23-11-5-12-24-30)31-25-13-6-14-26-31/h3-14,19-27,32H,15-18H2,1-2H3. The highest BCUT2D eigenvalue weighted by Gasteiger charge is 2.55. The van der Waals surface area contributed by atoms with Crippen LogP contribution in [0.1, 0.15) is 25.7 Å². The molecular weight excluding hydrogens is 441 g/mol. The molecule has 2 heteroatoms. The normalized spacial score (nSPS) is 15.0. The average Bonchev–Trinajstić information content (AvgIpc) is 3.44. The first-order valence-electron chi connectivity index (χ1n) is 12.9. The summed E-state index contributed by atoms with van der Waals surface area (Å²) >= 11 is 0. The monoisotopic (exact) mass is 476 g/mol. The predicted molar refractivity (Wildman–Crippen MR) is 153 cm³/mol. The van der Waals surface area contributed by atoms with Crippen molar-refractivity contribution in [2.24, 2.45) is 5.92 Å². The number of hydrogen-bond acceptors (Lipinski definition) is 0. The highest BCUT2D eigenvalue weighted by atomic mass is 28.4. The van der Waals surface area contributed by atoms with Crippen LogP contribution in [0, 0.1) is 5.92 Å². The van der Waals surface area contributed by atoms with Gasteiger partial charge in [0.15, 0.2) is 0 Å². The van der Waals surface area contributed by atoms with E-state index < -0.39 is 16.1 Å². The molecule has 5 rings (SSSR count). The molecule has 4 aromatic carbocycles. The van der Waals surface area contributed by atoms with Gasteiger partial charge in [0.2, 0.25) is 0 Å². The van der Waals surface area contributed by atoms with Gasteiger partial charge in [-0.3, -0.25) is 0 Å². The molecule has 0 atom stereocenters. The maximum atomic E-state index is 2.69. The molecule has 0 N–H and O–H groups in total. The molecule has 172 valence electrons. The van der Waals surface area contributed by atoms with E-state index in [1.54, 1.807) is 20.7 Å². The lowest BCUT2D eigenvalue weighted by atomic mass is 10.1. The third-order valence-electron chi connectivity index (χ3n) is 8.61. The Morgan fingerprint density at radius 1 is 0.471 bits per heavy atom. The summed E-state index contributed by atoms with van der Waals surface area (Å²) in [4.78, 5) is 0. The van der Waals surface area contributed by atoms with Crippen LogP contribution in [0.25, 0.3) is 0 Å². The van der Waals surface area contributed by atoms with E-state index in [1.807, 2.05) is 0 Å². The fraction of sp³-hybridized carbons (Fsp3) is 0.250. The Morgan fingerprint density at radius 3 is 1.00 bits per heavy atom. The second kappa shape index (κ2) is 9.89. The number of rotatable bonds is 7. The summed E-state index contributed by atoms with van der Waals surface area (Å²) in [6.07, 6.45) is 5.50. The van der Waals surface area contributed by atoms with Crippen LogP contribution in [0.4, 0.5) is 0 Å². The molecule has 1 aliphatic rings. The minimum Gasteiger partial charge on any atom is -0.0626 e. The lowest BCUT2D eigenvalue weighted by Crippen LogP contribution is -2.73. The van der Waals surface area contributed by atoms with Crippen molar-refractivity contribution in [2.75, 3.05) is 0 Å². The van der Waals surface area contributed by atoms with Crippen LogP contribution in [-0.4, -0.2) is 16.1 Å². The summed E-state index contributed by atoms with van der Waals surface area (Å²) in [5.41, 5.74) is 0. The Labute approximate surface area is 207 Å². The second-order valence-corrected chi connectivity index (χ2v) is 19.3. The van der Waals surface area contributed by atoms with E-state index in [-0.39, 0.29) is 0 Å². The van der Waals surface area contributed by atoms with Crippen molar-refractivity contribution in [1.82, 2.24) is 0 Å². The van der Waals surface area contributed by atoms with Gasteiger partial charge in [0.05, 0.1) is 0 Å². The van der Waals surface area contributed by atoms with E-state index in [4.69, 9.17) is 0 Å². The van der Waals surface area contributed by atoms with Crippen molar-refractivity contribution in [2.45, 2.75) is 43.9 Å². The smallest absolute Gasteiger partial charge is 0.0626 e. The van der Waals surface area contributed by atoms with Crippen molar-refractivity contribution in [3.05, 3.63) is 121 Å². The average molecular weight is 477 g/mol. The molecular formula is C32H36Si2. The molecule has 0 unspecified atom stereocenters. The molecule has 0 heterocycles. The Hall–Kier alpha value is -2.69. The van der Waals surface area contributed by atoms with Crippen LogP contribution in [0.3, 0.4) is 0 Å². The van der Waals surface area contributed by atoms with Gasteiger partial charge in [0, 0.05) is 0 Å². The molecule has 1 saturated carbocycles. The highest BCUT2D eigenvalue weighted by molar-refractivity contribution is 7.18. The molecule has 0 spiro atoms. The maximum absolute atomic E-state index is 2.69. The fourth-order valence-corrected chi connectivity index (χ4v) is 21.8.